The van der Waals surface area contributed by atoms with E-state index >= 15 is 0 Å². The molecule has 0 spiro atoms. The summed E-state index contributed by atoms with van der Waals surface area (Å²) in [6.45, 7) is 8.58. The van der Waals surface area contributed by atoms with Crippen LogP contribution in [0.25, 0.3) is 0 Å². The standard InChI is InChI=1S/C20H27O4P/c1-15(2)13-17-5-9-19(10-6-17)23-25(21,22)24-20-11-7-18(8-12-20)14-16(3)4/h5-12,15-16H,13-14H2,1-4H3,(H,21,22). The Hall–Kier alpha value is -1.77. The van der Waals surface area contributed by atoms with Crippen molar-refractivity contribution in [3.8, 4) is 11.5 Å². The summed E-state index contributed by atoms with van der Waals surface area (Å²) >= 11 is 0. The molecule has 0 heterocycles. The molecule has 0 aliphatic carbocycles. The zero-order valence-corrected chi connectivity index (χ0v) is 16.2. The van der Waals surface area contributed by atoms with Gasteiger partial charge in [-0.05, 0) is 60.1 Å². The van der Waals surface area contributed by atoms with Gasteiger partial charge in [-0.15, -0.1) is 0 Å². The van der Waals surface area contributed by atoms with E-state index in [4.69, 9.17) is 9.05 Å². The van der Waals surface area contributed by atoms with Gasteiger partial charge in [-0.25, -0.2) is 4.57 Å². The molecule has 0 aromatic heterocycles. The number of hydrogen-bond acceptors (Lipinski definition) is 3. The van der Waals surface area contributed by atoms with Crippen molar-refractivity contribution < 1.29 is 18.5 Å². The maximum absolute atomic E-state index is 12.2. The molecule has 1 N–H and O–H groups in total. The first-order chi connectivity index (χ1) is 11.7. The lowest BCUT2D eigenvalue weighted by molar-refractivity contribution is 0.291. The summed E-state index contributed by atoms with van der Waals surface area (Å²) in [5, 5.41) is 0. The van der Waals surface area contributed by atoms with Gasteiger partial charge in [-0.1, -0.05) is 52.0 Å². The lowest BCUT2D eigenvalue weighted by Gasteiger charge is -2.15. The van der Waals surface area contributed by atoms with E-state index < -0.39 is 7.82 Å². The van der Waals surface area contributed by atoms with E-state index in [1.165, 1.54) is 0 Å². The van der Waals surface area contributed by atoms with Crippen LogP contribution >= 0.6 is 7.82 Å². The van der Waals surface area contributed by atoms with E-state index in [0.717, 1.165) is 24.0 Å². The minimum atomic E-state index is -4.22. The van der Waals surface area contributed by atoms with E-state index in [1.54, 1.807) is 24.3 Å². The summed E-state index contributed by atoms with van der Waals surface area (Å²) in [6, 6.07) is 14.4. The van der Waals surface area contributed by atoms with Crippen LogP contribution in [0.2, 0.25) is 0 Å². The summed E-state index contributed by atoms with van der Waals surface area (Å²) in [4.78, 5) is 9.96. The molecule has 0 atom stereocenters. The zero-order chi connectivity index (χ0) is 18.4. The molecule has 136 valence electrons. The molecule has 2 rings (SSSR count). The van der Waals surface area contributed by atoms with Gasteiger partial charge in [0.05, 0.1) is 0 Å². The quantitative estimate of drug-likeness (QED) is 0.617. The van der Waals surface area contributed by atoms with Gasteiger partial charge in [0, 0.05) is 0 Å². The molecule has 0 unspecified atom stereocenters. The highest BCUT2D eigenvalue weighted by Gasteiger charge is 2.25. The minimum absolute atomic E-state index is 0.315. The third-order valence-corrected chi connectivity index (χ3v) is 4.46. The van der Waals surface area contributed by atoms with Crippen molar-refractivity contribution in [3.63, 3.8) is 0 Å². The summed E-state index contributed by atoms with van der Waals surface area (Å²) in [5.74, 6) is 1.74. The van der Waals surface area contributed by atoms with Crippen LogP contribution in [0.5, 0.6) is 11.5 Å². The predicted molar refractivity (Wildman–Crippen MR) is 101 cm³/mol. The first-order valence-electron chi connectivity index (χ1n) is 8.63. The highest BCUT2D eigenvalue weighted by molar-refractivity contribution is 7.48. The second-order valence-electron chi connectivity index (χ2n) is 7.13. The third-order valence-electron chi connectivity index (χ3n) is 3.58. The average molecular weight is 362 g/mol. The van der Waals surface area contributed by atoms with Crippen LogP contribution in [0.15, 0.2) is 48.5 Å². The molecule has 2 aromatic rings. The molecule has 0 aliphatic rings. The molecule has 0 aliphatic heterocycles. The Morgan fingerprint density at radius 2 is 1.08 bits per heavy atom. The van der Waals surface area contributed by atoms with Gasteiger partial charge in [0.2, 0.25) is 0 Å². The lowest BCUT2D eigenvalue weighted by atomic mass is 10.0. The van der Waals surface area contributed by atoms with Gasteiger partial charge in [0.1, 0.15) is 11.5 Å². The Morgan fingerprint density at radius 1 is 0.760 bits per heavy atom. The molecule has 0 saturated heterocycles. The molecule has 0 amide bonds. The predicted octanol–water partition coefficient (Wildman–Crippen LogP) is 5.64. The maximum Gasteiger partial charge on any atom is 0.584 e. The first-order valence-corrected chi connectivity index (χ1v) is 10.1. The Bertz CT molecular complexity index is 646. The van der Waals surface area contributed by atoms with Crippen molar-refractivity contribution in [1.82, 2.24) is 0 Å². The topological polar surface area (TPSA) is 55.8 Å². The van der Waals surface area contributed by atoms with E-state index in [1.807, 2.05) is 24.3 Å². The number of phosphoric acid groups is 1. The van der Waals surface area contributed by atoms with Gasteiger partial charge in [0.15, 0.2) is 0 Å². The Balaban J connectivity index is 1.98. The molecular formula is C20H27O4P. The van der Waals surface area contributed by atoms with Gasteiger partial charge < -0.3 is 9.05 Å². The molecule has 4 nitrogen and oxygen atoms in total. The maximum atomic E-state index is 12.2. The Morgan fingerprint density at radius 3 is 1.36 bits per heavy atom. The largest absolute Gasteiger partial charge is 0.584 e. The van der Waals surface area contributed by atoms with Crippen LogP contribution in [0, 0.1) is 11.8 Å². The van der Waals surface area contributed by atoms with E-state index in [-0.39, 0.29) is 0 Å². The van der Waals surface area contributed by atoms with E-state index in [0.29, 0.717) is 23.3 Å². The van der Waals surface area contributed by atoms with Crippen LogP contribution in [-0.4, -0.2) is 4.89 Å². The molecule has 0 bridgehead atoms. The van der Waals surface area contributed by atoms with Crippen molar-refractivity contribution in [2.75, 3.05) is 0 Å². The van der Waals surface area contributed by atoms with Gasteiger partial charge in [-0.2, -0.15) is 0 Å². The summed E-state index contributed by atoms with van der Waals surface area (Å²) < 4.78 is 22.5. The van der Waals surface area contributed by atoms with E-state index in [2.05, 4.69) is 27.7 Å². The lowest BCUT2D eigenvalue weighted by Crippen LogP contribution is -2.01. The number of rotatable bonds is 8. The SMILES string of the molecule is CC(C)Cc1ccc(OP(=O)(O)Oc2ccc(CC(C)C)cc2)cc1. The van der Waals surface area contributed by atoms with Crippen molar-refractivity contribution in [2.24, 2.45) is 11.8 Å². The highest BCUT2D eigenvalue weighted by Crippen LogP contribution is 2.44. The fourth-order valence-electron chi connectivity index (χ4n) is 2.60. The molecule has 0 fully saturated rings. The van der Waals surface area contributed by atoms with E-state index in [9.17, 15) is 9.46 Å². The smallest absolute Gasteiger partial charge is 0.395 e. The molecular weight excluding hydrogens is 335 g/mol. The molecule has 0 saturated carbocycles. The van der Waals surface area contributed by atoms with Crippen LogP contribution in [0.4, 0.5) is 0 Å². The second-order valence-corrected chi connectivity index (χ2v) is 8.44. The number of hydrogen-bond donors (Lipinski definition) is 1. The molecule has 25 heavy (non-hydrogen) atoms. The summed E-state index contributed by atoms with van der Waals surface area (Å²) in [7, 11) is -4.22. The summed E-state index contributed by atoms with van der Waals surface area (Å²) in [5.41, 5.74) is 2.33. The molecule has 0 radical (unpaired) electrons. The normalized spacial score (nSPS) is 11.8. The summed E-state index contributed by atoms with van der Waals surface area (Å²) in [6.07, 6.45) is 1.91. The fraction of sp³-hybridized carbons (Fsp3) is 0.400. The third kappa shape index (κ3) is 6.93. The highest BCUT2D eigenvalue weighted by atomic mass is 31.2. The van der Waals surface area contributed by atoms with Crippen LogP contribution < -0.4 is 9.05 Å². The second kappa shape index (κ2) is 8.55. The molecule has 2 aromatic carbocycles. The monoisotopic (exact) mass is 362 g/mol. The Labute approximate surface area is 150 Å². The Kier molecular flexibility index (Phi) is 6.69. The van der Waals surface area contributed by atoms with Crippen LogP contribution in [0.3, 0.4) is 0 Å². The van der Waals surface area contributed by atoms with Gasteiger partial charge >= 0.3 is 7.82 Å². The van der Waals surface area contributed by atoms with Crippen LogP contribution in [0.1, 0.15) is 38.8 Å². The van der Waals surface area contributed by atoms with Gasteiger partial charge in [0.25, 0.3) is 0 Å². The fourth-order valence-corrected chi connectivity index (χ4v) is 3.41. The van der Waals surface area contributed by atoms with Gasteiger partial charge in [-0.3, -0.25) is 4.89 Å². The first kappa shape index (κ1) is 19.6. The van der Waals surface area contributed by atoms with Crippen molar-refractivity contribution in [1.29, 1.82) is 0 Å². The minimum Gasteiger partial charge on any atom is -0.395 e. The zero-order valence-electron chi connectivity index (χ0n) is 15.3. The van der Waals surface area contributed by atoms with Crippen molar-refractivity contribution >= 4 is 7.82 Å². The number of phosphoric ester groups is 1. The van der Waals surface area contributed by atoms with Crippen LogP contribution in [-0.2, 0) is 17.4 Å². The number of benzene rings is 2. The van der Waals surface area contributed by atoms with Crippen molar-refractivity contribution in [3.05, 3.63) is 59.7 Å². The van der Waals surface area contributed by atoms with Crippen molar-refractivity contribution in [2.45, 2.75) is 40.5 Å². The average Bonchev–Trinajstić information content (AvgIpc) is 2.49. The molecule has 5 heteroatoms.